The van der Waals surface area contributed by atoms with Gasteiger partial charge in [-0.05, 0) is 46.2 Å². The average Bonchev–Trinajstić information content (AvgIpc) is 2.45. The van der Waals surface area contributed by atoms with Crippen LogP contribution in [0.5, 0.6) is 0 Å². The highest BCUT2D eigenvalue weighted by Gasteiger charge is 2.17. The third kappa shape index (κ3) is 7.44. The fourth-order valence-electron chi connectivity index (χ4n) is 1.64. The third-order valence-corrected chi connectivity index (χ3v) is 2.71. The van der Waals surface area contributed by atoms with E-state index < -0.39 is 17.7 Å². The number of nitrogens with zero attached hydrogens (tertiary/aromatic N) is 2. The molecule has 23 heavy (non-hydrogen) atoms. The smallest absolute Gasteiger partial charge is 0.407 e. The van der Waals surface area contributed by atoms with Crippen molar-refractivity contribution in [2.75, 3.05) is 19.0 Å². The lowest BCUT2D eigenvalue weighted by atomic mass is 10.2. The monoisotopic (exact) mass is 324 g/mol. The zero-order chi connectivity index (χ0) is 17.5. The summed E-state index contributed by atoms with van der Waals surface area (Å²) >= 11 is 0. The van der Waals surface area contributed by atoms with Crippen molar-refractivity contribution in [3.05, 3.63) is 17.8 Å². The number of carbonyl (C=O) groups is 2. The second kappa shape index (κ2) is 8.30. The van der Waals surface area contributed by atoms with Gasteiger partial charge in [0.2, 0.25) is 0 Å². The van der Waals surface area contributed by atoms with E-state index in [0.29, 0.717) is 18.8 Å². The van der Waals surface area contributed by atoms with Gasteiger partial charge in [-0.15, -0.1) is 10.2 Å². The van der Waals surface area contributed by atoms with Gasteiger partial charge in [-0.1, -0.05) is 0 Å². The fourth-order valence-corrected chi connectivity index (χ4v) is 1.64. The molecule has 1 aromatic rings. The van der Waals surface area contributed by atoms with Gasteiger partial charge in [0.05, 0.1) is 7.11 Å². The molecule has 0 bridgehead atoms. The van der Waals surface area contributed by atoms with Gasteiger partial charge in [-0.2, -0.15) is 0 Å². The quantitative estimate of drug-likeness (QED) is 0.771. The highest BCUT2D eigenvalue weighted by molar-refractivity contribution is 5.86. The van der Waals surface area contributed by atoms with Crippen LogP contribution in [-0.2, 0) is 9.47 Å². The Balaban J connectivity index is 2.33. The van der Waals surface area contributed by atoms with Gasteiger partial charge in [0.25, 0.3) is 0 Å². The van der Waals surface area contributed by atoms with Gasteiger partial charge in [-0.3, -0.25) is 0 Å². The molecule has 1 heterocycles. The van der Waals surface area contributed by atoms with Crippen LogP contribution in [0.4, 0.5) is 10.6 Å². The Morgan fingerprint density at radius 1 is 1.26 bits per heavy atom. The van der Waals surface area contributed by atoms with E-state index in [2.05, 4.69) is 25.6 Å². The number of carbonyl (C=O) groups excluding carboxylic acids is 2. The van der Waals surface area contributed by atoms with Crippen LogP contribution in [0, 0.1) is 0 Å². The summed E-state index contributed by atoms with van der Waals surface area (Å²) < 4.78 is 9.73. The van der Waals surface area contributed by atoms with Gasteiger partial charge >= 0.3 is 12.1 Å². The number of methoxy groups -OCH3 is 1. The summed E-state index contributed by atoms with van der Waals surface area (Å²) in [6.45, 7) is 7.92. The van der Waals surface area contributed by atoms with Crippen LogP contribution < -0.4 is 10.6 Å². The van der Waals surface area contributed by atoms with Crippen LogP contribution in [-0.4, -0.2) is 47.6 Å². The fraction of sp³-hybridized carbons (Fsp3) is 0.600. The molecule has 2 N–H and O–H groups in total. The van der Waals surface area contributed by atoms with Crippen LogP contribution in [0.2, 0.25) is 0 Å². The van der Waals surface area contributed by atoms with Crippen molar-refractivity contribution in [2.24, 2.45) is 0 Å². The normalized spacial score (nSPS) is 12.2. The standard InChI is InChI=1S/C15H24N4O4/c1-10(17-14(21)23-15(2,3)4)8-9-16-12-7-6-11(18-19-12)13(20)22-5/h6-7,10H,8-9H2,1-5H3,(H,16,19)(H,17,21)/t10-/m0/s1. The lowest BCUT2D eigenvalue weighted by Gasteiger charge is -2.22. The molecule has 1 atom stereocenters. The van der Waals surface area contributed by atoms with Crippen molar-refractivity contribution in [3.8, 4) is 0 Å². The maximum absolute atomic E-state index is 11.6. The van der Waals surface area contributed by atoms with Crippen molar-refractivity contribution in [3.63, 3.8) is 0 Å². The number of ether oxygens (including phenoxy) is 2. The first kappa shape index (κ1) is 18.7. The first-order chi connectivity index (χ1) is 10.7. The SMILES string of the molecule is COC(=O)c1ccc(NCC[C@H](C)NC(=O)OC(C)(C)C)nn1. The van der Waals surface area contributed by atoms with E-state index in [0.717, 1.165) is 0 Å². The third-order valence-electron chi connectivity index (χ3n) is 2.71. The number of rotatable bonds is 6. The summed E-state index contributed by atoms with van der Waals surface area (Å²) in [4.78, 5) is 22.8. The Morgan fingerprint density at radius 2 is 1.96 bits per heavy atom. The number of hydrogen-bond acceptors (Lipinski definition) is 7. The maximum Gasteiger partial charge on any atom is 0.407 e. The molecular formula is C15H24N4O4. The number of hydrogen-bond donors (Lipinski definition) is 2. The van der Waals surface area contributed by atoms with E-state index in [-0.39, 0.29) is 11.7 Å². The Kier molecular flexibility index (Phi) is 6.74. The largest absolute Gasteiger partial charge is 0.464 e. The van der Waals surface area contributed by atoms with Gasteiger partial charge in [-0.25, -0.2) is 9.59 Å². The van der Waals surface area contributed by atoms with Crippen molar-refractivity contribution in [2.45, 2.75) is 45.8 Å². The molecule has 0 spiro atoms. The number of alkyl carbamates (subject to hydrolysis) is 1. The van der Waals surface area contributed by atoms with Crippen molar-refractivity contribution in [1.82, 2.24) is 15.5 Å². The second-order valence-electron chi connectivity index (χ2n) is 6.06. The molecular weight excluding hydrogens is 300 g/mol. The Labute approximate surface area is 136 Å². The minimum Gasteiger partial charge on any atom is -0.464 e. The molecule has 1 rings (SSSR count). The molecule has 1 amide bonds. The number of nitrogens with one attached hydrogen (secondary N) is 2. The first-order valence-electron chi connectivity index (χ1n) is 7.36. The Morgan fingerprint density at radius 3 is 2.48 bits per heavy atom. The van der Waals surface area contributed by atoms with Gasteiger partial charge in [0, 0.05) is 12.6 Å². The molecule has 128 valence electrons. The minimum atomic E-state index is -0.528. The number of anilines is 1. The predicted octanol–water partition coefficient (Wildman–Crippen LogP) is 1.98. The van der Waals surface area contributed by atoms with Gasteiger partial charge in [0.15, 0.2) is 5.69 Å². The minimum absolute atomic E-state index is 0.0559. The molecule has 0 saturated carbocycles. The van der Waals surface area contributed by atoms with E-state index in [4.69, 9.17) is 4.74 Å². The molecule has 0 aliphatic heterocycles. The topological polar surface area (TPSA) is 102 Å². The van der Waals surface area contributed by atoms with Crippen LogP contribution >= 0.6 is 0 Å². The molecule has 0 aliphatic rings. The summed E-state index contributed by atoms with van der Waals surface area (Å²) in [5, 5.41) is 13.5. The van der Waals surface area contributed by atoms with Crippen LogP contribution in [0.15, 0.2) is 12.1 Å². The number of amides is 1. The molecule has 0 aromatic carbocycles. The van der Waals surface area contributed by atoms with Crippen LogP contribution in [0.3, 0.4) is 0 Å². The van der Waals surface area contributed by atoms with Crippen LogP contribution in [0.1, 0.15) is 44.6 Å². The molecule has 8 nitrogen and oxygen atoms in total. The van der Waals surface area contributed by atoms with Gasteiger partial charge < -0.3 is 20.1 Å². The summed E-state index contributed by atoms with van der Waals surface area (Å²) in [7, 11) is 1.29. The number of esters is 1. The van der Waals surface area contributed by atoms with E-state index in [9.17, 15) is 9.59 Å². The van der Waals surface area contributed by atoms with E-state index in [1.165, 1.54) is 13.2 Å². The van der Waals surface area contributed by atoms with Crippen molar-refractivity contribution in [1.29, 1.82) is 0 Å². The maximum atomic E-state index is 11.6. The van der Waals surface area contributed by atoms with Crippen molar-refractivity contribution < 1.29 is 19.1 Å². The molecule has 0 fully saturated rings. The zero-order valence-electron chi connectivity index (χ0n) is 14.2. The predicted molar refractivity (Wildman–Crippen MR) is 85.3 cm³/mol. The molecule has 0 aliphatic carbocycles. The zero-order valence-corrected chi connectivity index (χ0v) is 14.2. The summed E-state index contributed by atoms with van der Waals surface area (Å²) in [6.07, 6.45) is 0.242. The van der Waals surface area contributed by atoms with E-state index in [1.807, 2.05) is 27.7 Å². The lowest BCUT2D eigenvalue weighted by Crippen LogP contribution is -2.38. The summed E-state index contributed by atoms with van der Waals surface area (Å²) in [5.74, 6) is 0.0151. The van der Waals surface area contributed by atoms with Crippen LogP contribution in [0.25, 0.3) is 0 Å². The Hall–Kier alpha value is -2.38. The second-order valence-corrected chi connectivity index (χ2v) is 6.06. The first-order valence-corrected chi connectivity index (χ1v) is 7.36. The van der Waals surface area contributed by atoms with Crippen molar-refractivity contribution >= 4 is 17.9 Å². The van der Waals surface area contributed by atoms with Gasteiger partial charge in [0.1, 0.15) is 11.4 Å². The number of aromatic nitrogens is 2. The highest BCUT2D eigenvalue weighted by atomic mass is 16.6. The highest BCUT2D eigenvalue weighted by Crippen LogP contribution is 2.07. The molecule has 0 unspecified atom stereocenters. The van der Waals surface area contributed by atoms with E-state index >= 15 is 0 Å². The molecule has 0 radical (unpaired) electrons. The lowest BCUT2D eigenvalue weighted by molar-refractivity contribution is 0.0506. The molecule has 1 aromatic heterocycles. The Bertz CT molecular complexity index is 525. The molecule has 0 saturated heterocycles. The summed E-state index contributed by atoms with van der Waals surface area (Å²) in [6, 6.07) is 3.12. The average molecular weight is 324 g/mol. The summed E-state index contributed by atoms with van der Waals surface area (Å²) in [5.41, 5.74) is -0.364. The van der Waals surface area contributed by atoms with E-state index in [1.54, 1.807) is 6.07 Å². The molecule has 8 heteroatoms.